The molecule has 0 bridgehead atoms. The minimum absolute atomic E-state index is 0.685. The summed E-state index contributed by atoms with van der Waals surface area (Å²) >= 11 is 1.93. The van der Waals surface area contributed by atoms with E-state index in [-0.39, 0.29) is 0 Å². The maximum atomic E-state index is 5.72. The Morgan fingerprint density at radius 2 is 2.36 bits per heavy atom. The molecule has 1 rings (SSSR count). The third kappa shape index (κ3) is 4.03. The summed E-state index contributed by atoms with van der Waals surface area (Å²) in [7, 11) is 0. The van der Waals surface area contributed by atoms with Crippen LogP contribution in [0.25, 0.3) is 0 Å². The topological polar surface area (TPSA) is 38.0 Å². The fourth-order valence-corrected chi connectivity index (χ4v) is 2.67. The lowest BCUT2D eigenvalue weighted by Crippen LogP contribution is -2.37. The molecule has 0 heterocycles. The number of thioether (sulfide) groups is 1. The highest BCUT2D eigenvalue weighted by Gasteiger charge is 2.24. The molecule has 2 unspecified atom stereocenters. The van der Waals surface area contributed by atoms with Crippen molar-refractivity contribution in [2.75, 3.05) is 24.6 Å². The summed E-state index contributed by atoms with van der Waals surface area (Å²) in [5.41, 5.74) is 5.72. The van der Waals surface area contributed by atoms with E-state index in [1.54, 1.807) is 0 Å². The SMILES string of the molecule is C=CCSCCNC1CCCC1CN. The molecule has 1 fully saturated rings. The van der Waals surface area contributed by atoms with Crippen LogP contribution in [0.2, 0.25) is 0 Å². The van der Waals surface area contributed by atoms with Crippen molar-refractivity contribution in [3.8, 4) is 0 Å². The second kappa shape index (κ2) is 7.32. The fourth-order valence-electron chi connectivity index (χ4n) is 2.07. The monoisotopic (exact) mass is 214 g/mol. The van der Waals surface area contributed by atoms with Gasteiger partial charge < -0.3 is 11.1 Å². The minimum atomic E-state index is 0.685. The van der Waals surface area contributed by atoms with E-state index in [9.17, 15) is 0 Å². The number of nitrogens with two attached hydrogens (primary N) is 1. The smallest absolute Gasteiger partial charge is 0.0111 e. The Bertz CT molecular complexity index is 161. The van der Waals surface area contributed by atoms with Gasteiger partial charge in [0, 0.05) is 24.1 Å². The Morgan fingerprint density at radius 1 is 1.50 bits per heavy atom. The molecule has 0 amide bonds. The zero-order valence-electron chi connectivity index (χ0n) is 8.87. The summed E-state index contributed by atoms with van der Waals surface area (Å²) in [5, 5.41) is 3.61. The van der Waals surface area contributed by atoms with Gasteiger partial charge in [-0.2, -0.15) is 11.8 Å². The average molecular weight is 214 g/mol. The summed E-state index contributed by atoms with van der Waals surface area (Å²) in [5.74, 6) is 2.96. The van der Waals surface area contributed by atoms with E-state index in [0.717, 1.165) is 24.8 Å². The molecule has 0 aromatic heterocycles. The van der Waals surface area contributed by atoms with Crippen molar-refractivity contribution in [2.24, 2.45) is 11.7 Å². The zero-order valence-corrected chi connectivity index (χ0v) is 9.69. The van der Waals surface area contributed by atoms with E-state index in [1.807, 2.05) is 17.8 Å². The Balaban J connectivity index is 2.02. The first-order valence-corrected chi connectivity index (χ1v) is 6.66. The molecule has 0 radical (unpaired) electrons. The Kier molecular flexibility index (Phi) is 6.32. The van der Waals surface area contributed by atoms with Crippen LogP contribution in [0.1, 0.15) is 19.3 Å². The fraction of sp³-hybridized carbons (Fsp3) is 0.818. The van der Waals surface area contributed by atoms with E-state index >= 15 is 0 Å². The molecule has 3 N–H and O–H groups in total. The molecule has 0 aromatic carbocycles. The van der Waals surface area contributed by atoms with Crippen molar-refractivity contribution < 1.29 is 0 Å². The molecule has 0 spiro atoms. The standard InChI is InChI=1S/C11H22N2S/c1-2-7-14-8-6-13-11-5-3-4-10(11)9-12/h2,10-11,13H,1,3-9,12H2. The molecule has 82 valence electrons. The summed E-state index contributed by atoms with van der Waals surface area (Å²) in [6.07, 6.45) is 5.93. The number of nitrogens with one attached hydrogen (secondary N) is 1. The van der Waals surface area contributed by atoms with Crippen molar-refractivity contribution >= 4 is 11.8 Å². The highest BCUT2D eigenvalue weighted by molar-refractivity contribution is 7.99. The van der Waals surface area contributed by atoms with Gasteiger partial charge in [-0.25, -0.2) is 0 Å². The summed E-state index contributed by atoms with van der Waals surface area (Å²) < 4.78 is 0. The molecule has 3 heteroatoms. The van der Waals surface area contributed by atoms with Gasteiger partial charge in [0.05, 0.1) is 0 Å². The van der Waals surface area contributed by atoms with Gasteiger partial charge in [0.25, 0.3) is 0 Å². The maximum absolute atomic E-state index is 5.72. The maximum Gasteiger partial charge on any atom is 0.0111 e. The van der Waals surface area contributed by atoms with Crippen LogP contribution in [0.5, 0.6) is 0 Å². The lowest BCUT2D eigenvalue weighted by molar-refractivity contribution is 0.417. The van der Waals surface area contributed by atoms with Crippen molar-refractivity contribution in [3.63, 3.8) is 0 Å². The second-order valence-electron chi connectivity index (χ2n) is 3.85. The van der Waals surface area contributed by atoms with Gasteiger partial charge in [0.1, 0.15) is 0 Å². The van der Waals surface area contributed by atoms with E-state index in [4.69, 9.17) is 5.73 Å². The third-order valence-corrected chi connectivity index (χ3v) is 3.81. The average Bonchev–Trinajstić information content (AvgIpc) is 2.65. The lowest BCUT2D eigenvalue weighted by Gasteiger charge is -2.19. The summed E-state index contributed by atoms with van der Waals surface area (Å²) in [4.78, 5) is 0. The van der Waals surface area contributed by atoms with Gasteiger partial charge in [-0.15, -0.1) is 6.58 Å². The van der Waals surface area contributed by atoms with Gasteiger partial charge in [0.15, 0.2) is 0 Å². The van der Waals surface area contributed by atoms with Crippen LogP contribution in [-0.4, -0.2) is 30.6 Å². The van der Waals surface area contributed by atoms with Crippen LogP contribution in [-0.2, 0) is 0 Å². The van der Waals surface area contributed by atoms with Gasteiger partial charge in [-0.1, -0.05) is 12.5 Å². The third-order valence-electron chi connectivity index (χ3n) is 2.85. The Labute approximate surface area is 91.7 Å². The predicted octanol–water partition coefficient (Wildman–Crippen LogP) is 1.62. The van der Waals surface area contributed by atoms with Gasteiger partial charge in [0.2, 0.25) is 0 Å². The van der Waals surface area contributed by atoms with Crippen molar-refractivity contribution in [1.82, 2.24) is 5.32 Å². The van der Waals surface area contributed by atoms with Gasteiger partial charge in [-0.3, -0.25) is 0 Å². The van der Waals surface area contributed by atoms with Crippen LogP contribution >= 0.6 is 11.8 Å². The van der Waals surface area contributed by atoms with Gasteiger partial charge in [-0.05, 0) is 25.3 Å². The first kappa shape index (κ1) is 12.1. The normalized spacial score (nSPS) is 26.6. The van der Waals surface area contributed by atoms with E-state index in [1.165, 1.54) is 25.0 Å². The molecular formula is C11H22N2S. The van der Waals surface area contributed by atoms with E-state index < -0.39 is 0 Å². The molecule has 2 atom stereocenters. The number of hydrogen-bond acceptors (Lipinski definition) is 3. The molecular weight excluding hydrogens is 192 g/mol. The molecule has 14 heavy (non-hydrogen) atoms. The molecule has 1 saturated carbocycles. The molecule has 1 aliphatic rings. The Morgan fingerprint density at radius 3 is 3.07 bits per heavy atom. The van der Waals surface area contributed by atoms with Gasteiger partial charge >= 0.3 is 0 Å². The molecule has 0 saturated heterocycles. The van der Waals surface area contributed by atoms with Crippen LogP contribution in [0, 0.1) is 5.92 Å². The quantitative estimate of drug-likeness (QED) is 0.499. The van der Waals surface area contributed by atoms with Crippen molar-refractivity contribution in [2.45, 2.75) is 25.3 Å². The van der Waals surface area contributed by atoms with Crippen LogP contribution in [0.3, 0.4) is 0 Å². The first-order valence-electron chi connectivity index (χ1n) is 5.50. The summed E-state index contributed by atoms with van der Waals surface area (Å²) in [6.45, 7) is 5.66. The van der Waals surface area contributed by atoms with Crippen LogP contribution in [0.4, 0.5) is 0 Å². The first-order chi connectivity index (χ1) is 6.88. The highest BCUT2D eigenvalue weighted by Crippen LogP contribution is 2.24. The lowest BCUT2D eigenvalue weighted by atomic mass is 10.0. The largest absolute Gasteiger partial charge is 0.330 e. The predicted molar refractivity (Wildman–Crippen MR) is 65.7 cm³/mol. The van der Waals surface area contributed by atoms with Crippen LogP contribution < -0.4 is 11.1 Å². The number of hydrogen-bond donors (Lipinski definition) is 2. The van der Waals surface area contributed by atoms with E-state index in [2.05, 4.69) is 11.9 Å². The number of rotatable bonds is 7. The molecule has 0 aromatic rings. The molecule has 0 aliphatic heterocycles. The summed E-state index contributed by atoms with van der Waals surface area (Å²) in [6, 6.07) is 0.685. The second-order valence-corrected chi connectivity index (χ2v) is 5.00. The molecule has 2 nitrogen and oxygen atoms in total. The van der Waals surface area contributed by atoms with Crippen LogP contribution in [0.15, 0.2) is 12.7 Å². The Hall–Kier alpha value is 0.01000. The van der Waals surface area contributed by atoms with Crippen molar-refractivity contribution in [3.05, 3.63) is 12.7 Å². The molecule has 1 aliphatic carbocycles. The minimum Gasteiger partial charge on any atom is -0.330 e. The highest BCUT2D eigenvalue weighted by atomic mass is 32.2. The zero-order chi connectivity index (χ0) is 10.2. The van der Waals surface area contributed by atoms with Crippen molar-refractivity contribution in [1.29, 1.82) is 0 Å². The van der Waals surface area contributed by atoms with E-state index in [0.29, 0.717) is 6.04 Å².